The van der Waals surface area contributed by atoms with E-state index in [1.54, 1.807) is 6.07 Å². The van der Waals surface area contributed by atoms with Gasteiger partial charge in [0.2, 0.25) is 0 Å². The lowest BCUT2D eigenvalue weighted by Crippen LogP contribution is -2.33. The first kappa shape index (κ1) is 10.5. The highest BCUT2D eigenvalue weighted by molar-refractivity contribution is 5.79. The Morgan fingerprint density at radius 2 is 1.78 bits per heavy atom. The van der Waals surface area contributed by atoms with Gasteiger partial charge < -0.3 is 10.9 Å². The molecule has 0 aliphatic rings. The van der Waals surface area contributed by atoms with Crippen LogP contribution in [0, 0.1) is 5.21 Å². The van der Waals surface area contributed by atoms with Crippen LogP contribution in [0.25, 0.3) is 22.2 Å². The molecule has 0 unspecified atom stereocenters. The van der Waals surface area contributed by atoms with E-state index in [4.69, 9.17) is 5.73 Å². The number of hydrogen-bond donors (Lipinski definition) is 1. The van der Waals surface area contributed by atoms with Gasteiger partial charge in [0.25, 0.3) is 11.5 Å². The Hall–Kier alpha value is -2.69. The molecule has 0 bridgehead atoms. The molecule has 18 heavy (non-hydrogen) atoms. The molecule has 0 radical (unpaired) electrons. The molecule has 1 aromatic heterocycles. The predicted molar refractivity (Wildman–Crippen MR) is 68.3 cm³/mol. The summed E-state index contributed by atoms with van der Waals surface area (Å²) in [7, 11) is 0. The number of fused-ring (bicyclic) bond motifs is 1. The molecule has 2 aromatic carbocycles. The normalized spacial score (nSPS) is 10.7. The van der Waals surface area contributed by atoms with E-state index in [0.717, 1.165) is 11.1 Å². The molecule has 1 heterocycles. The fourth-order valence-electron chi connectivity index (χ4n) is 1.88. The van der Waals surface area contributed by atoms with Crippen molar-refractivity contribution < 1.29 is 4.85 Å². The van der Waals surface area contributed by atoms with E-state index in [9.17, 15) is 5.21 Å². The summed E-state index contributed by atoms with van der Waals surface area (Å²) in [4.78, 5) is 4.56. The Balaban J connectivity index is 2.23. The van der Waals surface area contributed by atoms with Crippen LogP contribution in [0.15, 0.2) is 48.5 Å². The maximum absolute atomic E-state index is 11.5. The molecular formula is C13H10N4O. The minimum atomic E-state index is -0.0253. The Labute approximate surface area is 103 Å². The van der Waals surface area contributed by atoms with Crippen LogP contribution in [0.5, 0.6) is 0 Å². The van der Waals surface area contributed by atoms with E-state index >= 15 is 0 Å². The zero-order valence-electron chi connectivity index (χ0n) is 9.45. The van der Waals surface area contributed by atoms with Crippen molar-refractivity contribution in [1.82, 2.24) is 10.1 Å². The van der Waals surface area contributed by atoms with E-state index in [1.165, 1.54) is 0 Å². The van der Waals surface area contributed by atoms with Crippen molar-refractivity contribution in [2.24, 2.45) is 0 Å². The summed E-state index contributed by atoms with van der Waals surface area (Å²) in [5.74, 6) is -0.0253. The Bertz CT molecular complexity index is 713. The fourth-order valence-corrected chi connectivity index (χ4v) is 1.88. The SMILES string of the molecule is Nc1nc2cc(-c3ccccc3)ccc2[n+]([O-])n1. The Morgan fingerprint density at radius 3 is 2.56 bits per heavy atom. The molecule has 2 N–H and O–H groups in total. The molecule has 0 atom stereocenters. The first-order valence-electron chi connectivity index (χ1n) is 5.46. The fraction of sp³-hybridized carbons (Fsp3) is 0. The van der Waals surface area contributed by atoms with Crippen molar-refractivity contribution in [1.29, 1.82) is 0 Å². The van der Waals surface area contributed by atoms with Gasteiger partial charge in [0.15, 0.2) is 0 Å². The second kappa shape index (κ2) is 3.96. The van der Waals surface area contributed by atoms with Gasteiger partial charge in [-0.1, -0.05) is 30.3 Å². The quantitative estimate of drug-likeness (QED) is 0.515. The summed E-state index contributed by atoms with van der Waals surface area (Å²) in [5, 5.41) is 15.1. The van der Waals surface area contributed by atoms with Crippen molar-refractivity contribution in [2.75, 3.05) is 5.73 Å². The maximum atomic E-state index is 11.5. The lowest BCUT2D eigenvalue weighted by atomic mass is 10.1. The van der Waals surface area contributed by atoms with Gasteiger partial charge in [-0.15, -0.1) is 0 Å². The third kappa shape index (κ3) is 1.71. The molecule has 0 fully saturated rings. The van der Waals surface area contributed by atoms with Crippen LogP contribution in [0.4, 0.5) is 5.95 Å². The minimum Gasteiger partial charge on any atom is -0.594 e. The molecule has 0 aliphatic heterocycles. The lowest BCUT2D eigenvalue weighted by molar-refractivity contribution is -0.641. The van der Waals surface area contributed by atoms with Crippen molar-refractivity contribution in [3.8, 4) is 11.1 Å². The van der Waals surface area contributed by atoms with E-state index in [0.29, 0.717) is 15.9 Å². The number of nitrogens with zero attached hydrogens (tertiary/aromatic N) is 3. The average Bonchev–Trinajstić information content (AvgIpc) is 2.39. The Morgan fingerprint density at radius 1 is 1.00 bits per heavy atom. The first-order valence-corrected chi connectivity index (χ1v) is 5.46. The maximum Gasteiger partial charge on any atom is 0.288 e. The largest absolute Gasteiger partial charge is 0.594 e. The van der Waals surface area contributed by atoms with Gasteiger partial charge in [-0.3, -0.25) is 0 Å². The molecular weight excluding hydrogens is 228 g/mol. The zero-order chi connectivity index (χ0) is 12.5. The van der Waals surface area contributed by atoms with E-state index in [-0.39, 0.29) is 5.95 Å². The van der Waals surface area contributed by atoms with Crippen molar-refractivity contribution in [2.45, 2.75) is 0 Å². The van der Waals surface area contributed by atoms with Crippen LogP contribution < -0.4 is 10.6 Å². The van der Waals surface area contributed by atoms with Crippen LogP contribution in [0.3, 0.4) is 0 Å². The van der Waals surface area contributed by atoms with Crippen molar-refractivity contribution >= 4 is 17.0 Å². The number of rotatable bonds is 1. The number of aromatic nitrogens is 3. The second-order valence-corrected chi connectivity index (χ2v) is 3.91. The van der Waals surface area contributed by atoms with Crippen molar-refractivity contribution in [3.05, 3.63) is 53.7 Å². The number of hydrogen-bond acceptors (Lipinski definition) is 4. The molecule has 0 spiro atoms. The molecule has 0 saturated carbocycles. The lowest BCUT2D eigenvalue weighted by Gasteiger charge is -2.03. The number of anilines is 1. The van der Waals surface area contributed by atoms with Gasteiger partial charge in [-0.2, -0.15) is 0 Å². The van der Waals surface area contributed by atoms with Crippen molar-refractivity contribution in [3.63, 3.8) is 0 Å². The number of nitrogen functional groups attached to an aromatic ring is 1. The van der Waals surface area contributed by atoms with E-state index in [1.807, 2.05) is 42.5 Å². The van der Waals surface area contributed by atoms with Crippen LogP contribution in [0.1, 0.15) is 0 Å². The van der Waals surface area contributed by atoms with Gasteiger partial charge in [-0.25, -0.2) is 4.98 Å². The smallest absolute Gasteiger partial charge is 0.288 e. The summed E-state index contributed by atoms with van der Waals surface area (Å²) in [6.45, 7) is 0. The average molecular weight is 238 g/mol. The van der Waals surface area contributed by atoms with Crippen LogP contribution in [-0.2, 0) is 0 Å². The minimum absolute atomic E-state index is 0.0253. The topological polar surface area (TPSA) is 78.7 Å². The molecule has 3 rings (SSSR count). The summed E-state index contributed by atoms with van der Waals surface area (Å²) in [6.07, 6.45) is 0. The highest BCUT2D eigenvalue weighted by Crippen LogP contribution is 2.21. The molecule has 3 aromatic rings. The molecule has 5 heteroatoms. The van der Waals surface area contributed by atoms with Gasteiger partial charge in [0, 0.05) is 6.07 Å². The van der Waals surface area contributed by atoms with E-state index in [2.05, 4.69) is 10.1 Å². The van der Waals surface area contributed by atoms with E-state index < -0.39 is 0 Å². The third-order valence-electron chi connectivity index (χ3n) is 2.72. The number of nitrogens with two attached hydrogens (primary N) is 1. The first-order chi connectivity index (χ1) is 8.74. The standard InChI is InChI=1S/C13H10N4O/c14-13-15-11-8-10(9-4-2-1-3-5-9)6-7-12(11)17(18)16-13/h1-8H,(H2,14,15,16). The summed E-state index contributed by atoms with van der Waals surface area (Å²) in [5.41, 5.74) is 8.47. The van der Waals surface area contributed by atoms with Gasteiger partial charge >= 0.3 is 0 Å². The molecule has 0 saturated heterocycles. The second-order valence-electron chi connectivity index (χ2n) is 3.91. The van der Waals surface area contributed by atoms with Gasteiger partial charge in [-0.05, 0) is 28.1 Å². The van der Waals surface area contributed by atoms with Crippen LogP contribution in [0.2, 0.25) is 0 Å². The summed E-state index contributed by atoms with van der Waals surface area (Å²) >= 11 is 0. The zero-order valence-corrected chi connectivity index (χ0v) is 9.45. The monoisotopic (exact) mass is 238 g/mol. The van der Waals surface area contributed by atoms with Gasteiger partial charge in [0.1, 0.15) is 5.52 Å². The predicted octanol–water partition coefficient (Wildman–Crippen LogP) is 1.51. The molecule has 5 nitrogen and oxygen atoms in total. The Kier molecular flexibility index (Phi) is 2.30. The molecule has 88 valence electrons. The van der Waals surface area contributed by atoms with Crippen LogP contribution >= 0.6 is 0 Å². The van der Waals surface area contributed by atoms with Crippen LogP contribution in [-0.4, -0.2) is 10.1 Å². The summed E-state index contributed by atoms with van der Waals surface area (Å²) in [6, 6.07) is 15.3. The molecule has 0 amide bonds. The molecule has 0 aliphatic carbocycles. The third-order valence-corrected chi connectivity index (χ3v) is 2.72. The number of benzene rings is 2. The highest BCUT2D eigenvalue weighted by Gasteiger charge is 2.09. The summed E-state index contributed by atoms with van der Waals surface area (Å²) < 4.78 is 0. The van der Waals surface area contributed by atoms with Gasteiger partial charge in [0.05, 0.1) is 5.10 Å². The highest BCUT2D eigenvalue weighted by atomic mass is 16.5.